The van der Waals surface area contributed by atoms with Crippen LogP contribution in [0.1, 0.15) is 29.2 Å². The lowest BCUT2D eigenvalue weighted by molar-refractivity contribution is 0.0695. The first-order valence-corrected chi connectivity index (χ1v) is 9.06. The SMILES string of the molecule is NC[C@@H]1C2CN(c3cc4c(cc3F)c(=O)c(C(=O)O)cn4C3CC3)C[C@H]21. The fraction of sp³-hybridized carbons (Fsp3) is 0.474. The Hall–Kier alpha value is -2.41. The Balaban J connectivity index is 1.63. The minimum absolute atomic E-state index is 0.141. The monoisotopic (exact) mass is 357 g/mol. The molecule has 3 atom stereocenters. The van der Waals surface area contributed by atoms with Crippen LogP contribution in [0.5, 0.6) is 0 Å². The van der Waals surface area contributed by atoms with Gasteiger partial charge < -0.3 is 20.3 Å². The van der Waals surface area contributed by atoms with E-state index in [4.69, 9.17) is 5.73 Å². The molecule has 3 aliphatic rings. The summed E-state index contributed by atoms with van der Waals surface area (Å²) in [5.74, 6) is -0.115. The van der Waals surface area contributed by atoms with E-state index in [1.807, 2.05) is 9.47 Å². The van der Waals surface area contributed by atoms with Crippen LogP contribution in [0.3, 0.4) is 0 Å². The lowest BCUT2D eigenvalue weighted by atomic mass is 10.1. The fourth-order valence-electron chi connectivity index (χ4n) is 4.60. The van der Waals surface area contributed by atoms with Gasteiger partial charge in [0.05, 0.1) is 11.2 Å². The van der Waals surface area contributed by atoms with Gasteiger partial charge in [-0.1, -0.05) is 0 Å². The lowest BCUT2D eigenvalue weighted by Gasteiger charge is -2.23. The zero-order chi connectivity index (χ0) is 18.2. The van der Waals surface area contributed by atoms with Gasteiger partial charge in [0, 0.05) is 30.7 Å². The predicted octanol–water partition coefficient (Wildman–Crippen LogP) is 1.81. The number of carboxylic acid groups (broad SMARTS) is 1. The van der Waals surface area contributed by atoms with Crippen LogP contribution in [-0.2, 0) is 0 Å². The van der Waals surface area contributed by atoms with Crippen molar-refractivity contribution in [1.82, 2.24) is 4.57 Å². The van der Waals surface area contributed by atoms with Gasteiger partial charge in [-0.25, -0.2) is 9.18 Å². The van der Waals surface area contributed by atoms with E-state index in [2.05, 4.69) is 0 Å². The second-order valence-electron chi connectivity index (χ2n) is 7.77. The first kappa shape index (κ1) is 15.8. The fourth-order valence-corrected chi connectivity index (χ4v) is 4.60. The Bertz CT molecular complexity index is 986. The van der Waals surface area contributed by atoms with E-state index in [9.17, 15) is 19.1 Å². The molecule has 6 nitrogen and oxygen atoms in total. The molecule has 0 radical (unpaired) electrons. The number of aromatic nitrogens is 1. The molecular formula is C19H20FN3O3. The van der Waals surface area contributed by atoms with Gasteiger partial charge in [-0.2, -0.15) is 0 Å². The number of hydrogen-bond donors (Lipinski definition) is 2. The van der Waals surface area contributed by atoms with Crippen LogP contribution < -0.4 is 16.1 Å². The average molecular weight is 357 g/mol. The third-order valence-electron chi connectivity index (χ3n) is 6.26. The molecule has 1 aromatic carbocycles. The second kappa shape index (κ2) is 5.30. The van der Waals surface area contributed by atoms with Crippen molar-refractivity contribution in [2.24, 2.45) is 23.5 Å². The normalized spacial score (nSPS) is 27.0. The molecule has 3 fully saturated rings. The summed E-state index contributed by atoms with van der Waals surface area (Å²) in [5, 5.41) is 9.45. The third kappa shape index (κ3) is 2.19. The van der Waals surface area contributed by atoms with Crippen molar-refractivity contribution in [3.8, 4) is 0 Å². The number of hydrogen-bond acceptors (Lipinski definition) is 4. The maximum atomic E-state index is 14.8. The highest BCUT2D eigenvalue weighted by Crippen LogP contribution is 2.52. The molecular weight excluding hydrogens is 337 g/mol. The number of benzene rings is 1. The van der Waals surface area contributed by atoms with Crippen LogP contribution in [0.2, 0.25) is 0 Å². The number of pyridine rings is 1. The van der Waals surface area contributed by atoms with Crippen molar-refractivity contribution < 1.29 is 14.3 Å². The smallest absolute Gasteiger partial charge is 0.341 e. The average Bonchev–Trinajstić information content (AvgIpc) is 3.52. The molecule has 2 heterocycles. The van der Waals surface area contributed by atoms with Crippen LogP contribution in [0.15, 0.2) is 23.1 Å². The number of piperidine rings is 1. The highest BCUT2D eigenvalue weighted by molar-refractivity contribution is 5.93. The van der Waals surface area contributed by atoms with Crippen LogP contribution >= 0.6 is 0 Å². The van der Waals surface area contributed by atoms with Crippen molar-refractivity contribution in [3.05, 3.63) is 39.9 Å². The van der Waals surface area contributed by atoms with Gasteiger partial charge in [-0.05, 0) is 49.3 Å². The quantitative estimate of drug-likeness (QED) is 0.871. The third-order valence-corrected chi connectivity index (χ3v) is 6.26. The van der Waals surface area contributed by atoms with Crippen LogP contribution in [0.25, 0.3) is 10.9 Å². The van der Waals surface area contributed by atoms with Gasteiger partial charge >= 0.3 is 5.97 Å². The zero-order valence-electron chi connectivity index (χ0n) is 14.2. The van der Waals surface area contributed by atoms with Crippen molar-refractivity contribution >= 4 is 22.6 Å². The number of rotatable bonds is 4. The van der Waals surface area contributed by atoms with E-state index in [1.54, 1.807) is 6.07 Å². The zero-order valence-corrected chi connectivity index (χ0v) is 14.2. The summed E-state index contributed by atoms with van der Waals surface area (Å²) < 4.78 is 16.6. The molecule has 1 saturated heterocycles. The number of carboxylic acids is 1. The maximum absolute atomic E-state index is 14.8. The standard InChI is InChI=1S/C19H20FN3O3/c20-15-3-10-16(4-17(15)22-6-12-11(5-21)13(12)7-22)23(9-1-2-9)8-14(18(10)24)19(25)26/h3-4,8-9,11-13H,1-2,5-7,21H2,(H,25,26)/t11-,12-,13?/m0/s1. The number of fused-ring (bicyclic) bond motifs is 2. The summed E-state index contributed by atoms with van der Waals surface area (Å²) in [4.78, 5) is 25.9. The number of nitrogens with two attached hydrogens (primary N) is 1. The summed E-state index contributed by atoms with van der Waals surface area (Å²) in [7, 11) is 0. The van der Waals surface area contributed by atoms with E-state index in [-0.39, 0.29) is 17.0 Å². The number of nitrogens with zero attached hydrogens (tertiary/aromatic N) is 2. The Morgan fingerprint density at radius 1 is 1.27 bits per heavy atom. The van der Waals surface area contributed by atoms with Crippen LogP contribution in [0.4, 0.5) is 10.1 Å². The second-order valence-corrected chi connectivity index (χ2v) is 7.77. The van der Waals surface area contributed by atoms with Crippen molar-refractivity contribution in [2.75, 3.05) is 24.5 Å². The Labute approximate surface area is 149 Å². The summed E-state index contributed by atoms with van der Waals surface area (Å²) in [5.41, 5.74) is 5.94. The van der Waals surface area contributed by atoms with Crippen LogP contribution in [0, 0.1) is 23.6 Å². The van der Waals surface area contributed by atoms with Gasteiger partial charge in [0.15, 0.2) is 0 Å². The molecule has 136 valence electrons. The van der Waals surface area contributed by atoms with E-state index < -0.39 is 17.2 Å². The first-order valence-electron chi connectivity index (χ1n) is 9.06. The highest BCUT2D eigenvalue weighted by atomic mass is 19.1. The molecule has 0 amide bonds. The molecule has 7 heteroatoms. The Morgan fingerprint density at radius 2 is 1.96 bits per heavy atom. The molecule has 0 spiro atoms. The van der Waals surface area contributed by atoms with Gasteiger partial charge in [0.2, 0.25) is 5.43 Å². The minimum atomic E-state index is -1.27. The van der Waals surface area contributed by atoms with Gasteiger partial charge in [0.25, 0.3) is 0 Å². The van der Waals surface area contributed by atoms with Gasteiger partial charge in [-0.15, -0.1) is 0 Å². The van der Waals surface area contributed by atoms with Gasteiger partial charge in [0.1, 0.15) is 11.4 Å². The summed E-state index contributed by atoms with van der Waals surface area (Å²) >= 11 is 0. The molecule has 2 aliphatic carbocycles. The van der Waals surface area contributed by atoms with Crippen molar-refractivity contribution in [1.29, 1.82) is 0 Å². The number of carbonyl (C=O) groups is 1. The van der Waals surface area contributed by atoms with Crippen molar-refractivity contribution in [3.63, 3.8) is 0 Å². The molecule has 0 bridgehead atoms. The number of anilines is 1. The molecule has 1 aromatic heterocycles. The summed E-state index contributed by atoms with van der Waals surface area (Å²) in [6.45, 7) is 2.26. The highest BCUT2D eigenvalue weighted by Gasteiger charge is 2.54. The Morgan fingerprint density at radius 3 is 2.54 bits per heavy atom. The molecule has 2 saturated carbocycles. The number of halogens is 1. The van der Waals surface area contributed by atoms with E-state index >= 15 is 0 Å². The first-order chi connectivity index (χ1) is 12.5. The van der Waals surface area contributed by atoms with Crippen LogP contribution in [-0.4, -0.2) is 35.3 Å². The number of aromatic carboxylic acids is 1. The summed E-state index contributed by atoms with van der Waals surface area (Å²) in [6.07, 6.45) is 3.30. The molecule has 5 rings (SSSR count). The molecule has 1 unspecified atom stereocenters. The lowest BCUT2D eigenvalue weighted by Crippen LogP contribution is -2.27. The predicted molar refractivity (Wildman–Crippen MR) is 95.1 cm³/mol. The minimum Gasteiger partial charge on any atom is -0.477 e. The maximum Gasteiger partial charge on any atom is 0.341 e. The van der Waals surface area contributed by atoms with E-state index in [0.29, 0.717) is 35.5 Å². The van der Waals surface area contributed by atoms with E-state index in [0.717, 1.165) is 25.9 Å². The summed E-state index contributed by atoms with van der Waals surface area (Å²) in [6, 6.07) is 3.11. The van der Waals surface area contributed by atoms with Gasteiger partial charge in [-0.3, -0.25) is 4.79 Å². The van der Waals surface area contributed by atoms with E-state index in [1.165, 1.54) is 12.3 Å². The molecule has 3 N–H and O–H groups in total. The molecule has 26 heavy (non-hydrogen) atoms. The largest absolute Gasteiger partial charge is 0.477 e. The molecule has 1 aliphatic heterocycles. The molecule has 2 aromatic rings. The van der Waals surface area contributed by atoms with Crippen molar-refractivity contribution in [2.45, 2.75) is 18.9 Å². The topological polar surface area (TPSA) is 88.6 Å². The Kier molecular flexibility index (Phi) is 3.22.